The van der Waals surface area contributed by atoms with Crippen molar-refractivity contribution in [3.05, 3.63) is 9.47 Å². The standard InChI is InChI=1S/C23H36Br2/c1-4-16-13-15(14-20(24)25)21-18-9-8-17-7-5-6-11-22(17,2)19(18)10-12-23(16,21)3/h14-19,21H,4-13H2,1-3H3/t15?,16-,17?,18+,19-,21-,22-,23+/m0/s1. The van der Waals surface area contributed by atoms with E-state index in [2.05, 4.69) is 58.7 Å². The van der Waals surface area contributed by atoms with Gasteiger partial charge in [-0.3, -0.25) is 0 Å². The molecule has 4 aliphatic rings. The molecular formula is C23H36Br2. The van der Waals surface area contributed by atoms with Crippen molar-refractivity contribution in [2.75, 3.05) is 0 Å². The first-order chi connectivity index (χ1) is 11.9. The topological polar surface area (TPSA) is 0 Å². The number of fused-ring (bicyclic) bond motifs is 5. The van der Waals surface area contributed by atoms with E-state index in [0.717, 1.165) is 35.5 Å². The number of hydrogen-bond acceptors (Lipinski definition) is 0. The van der Waals surface area contributed by atoms with Crippen LogP contribution >= 0.6 is 31.9 Å². The molecule has 0 aromatic rings. The van der Waals surface area contributed by atoms with E-state index in [1.165, 1.54) is 67.6 Å². The van der Waals surface area contributed by atoms with Crippen molar-refractivity contribution in [2.24, 2.45) is 46.3 Å². The van der Waals surface area contributed by atoms with Gasteiger partial charge in [0.1, 0.15) is 0 Å². The van der Waals surface area contributed by atoms with Crippen molar-refractivity contribution < 1.29 is 0 Å². The van der Waals surface area contributed by atoms with Crippen LogP contribution < -0.4 is 0 Å². The minimum atomic E-state index is 0.588. The summed E-state index contributed by atoms with van der Waals surface area (Å²) in [7, 11) is 0. The molecule has 25 heavy (non-hydrogen) atoms. The third kappa shape index (κ3) is 2.95. The van der Waals surface area contributed by atoms with Crippen molar-refractivity contribution in [3.8, 4) is 0 Å². The molecule has 0 heterocycles. The van der Waals surface area contributed by atoms with Crippen LogP contribution in [-0.4, -0.2) is 0 Å². The molecule has 2 heteroatoms. The van der Waals surface area contributed by atoms with Gasteiger partial charge in [0.25, 0.3) is 0 Å². The van der Waals surface area contributed by atoms with Crippen LogP contribution in [-0.2, 0) is 0 Å². The molecule has 0 N–H and O–H groups in total. The second-order valence-corrected chi connectivity index (χ2v) is 13.1. The Bertz CT molecular complexity index is 536. The normalized spacial score (nSPS) is 52.0. The lowest BCUT2D eigenvalue weighted by molar-refractivity contribution is -0.115. The molecule has 0 bridgehead atoms. The molecule has 142 valence electrons. The molecule has 0 amide bonds. The van der Waals surface area contributed by atoms with E-state index in [9.17, 15) is 0 Å². The summed E-state index contributed by atoms with van der Waals surface area (Å²) in [6.45, 7) is 7.81. The zero-order chi connectivity index (χ0) is 17.8. The number of rotatable bonds is 2. The first kappa shape index (κ1) is 19.0. The van der Waals surface area contributed by atoms with Gasteiger partial charge in [0.15, 0.2) is 0 Å². The Balaban J connectivity index is 1.69. The van der Waals surface area contributed by atoms with Crippen molar-refractivity contribution in [1.82, 2.24) is 0 Å². The molecular weight excluding hydrogens is 436 g/mol. The Morgan fingerprint density at radius 2 is 1.80 bits per heavy atom. The molecule has 0 aliphatic heterocycles. The summed E-state index contributed by atoms with van der Waals surface area (Å²) in [6, 6.07) is 0. The van der Waals surface area contributed by atoms with Crippen LogP contribution in [0.15, 0.2) is 9.47 Å². The third-order valence-electron chi connectivity index (χ3n) is 9.66. The minimum Gasteiger partial charge on any atom is -0.0651 e. The van der Waals surface area contributed by atoms with Gasteiger partial charge in [0.05, 0.1) is 3.39 Å². The summed E-state index contributed by atoms with van der Waals surface area (Å²) in [5, 5.41) is 0. The van der Waals surface area contributed by atoms with Crippen molar-refractivity contribution in [1.29, 1.82) is 0 Å². The van der Waals surface area contributed by atoms with Crippen LogP contribution in [0, 0.1) is 46.3 Å². The van der Waals surface area contributed by atoms with Gasteiger partial charge in [-0.25, -0.2) is 0 Å². The summed E-state index contributed by atoms with van der Waals surface area (Å²) < 4.78 is 1.18. The van der Waals surface area contributed by atoms with E-state index >= 15 is 0 Å². The second kappa shape index (κ2) is 6.94. The predicted molar refractivity (Wildman–Crippen MR) is 115 cm³/mol. The molecule has 4 fully saturated rings. The molecule has 0 radical (unpaired) electrons. The monoisotopic (exact) mass is 470 g/mol. The molecule has 0 spiro atoms. The SMILES string of the molecule is CC[C@H]1CC(C=C(Br)Br)[C@H]2[C@@H]3CCC4CCCC[C@]4(C)[C@H]3CC[C@]12C. The first-order valence-corrected chi connectivity index (χ1v) is 12.5. The maximum Gasteiger partial charge on any atom is 0.0567 e. The maximum atomic E-state index is 3.69. The van der Waals surface area contributed by atoms with Gasteiger partial charge in [-0.2, -0.15) is 0 Å². The zero-order valence-electron chi connectivity index (χ0n) is 16.4. The number of hydrogen-bond donors (Lipinski definition) is 0. The van der Waals surface area contributed by atoms with Crippen LogP contribution in [0.5, 0.6) is 0 Å². The van der Waals surface area contributed by atoms with Gasteiger partial charge in [0, 0.05) is 0 Å². The van der Waals surface area contributed by atoms with Gasteiger partial charge in [-0.05, 0) is 123 Å². The molecule has 0 aromatic heterocycles. The fourth-order valence-electron chi connectivity index (χ4n) is 8.57. The fourth-order valence-corrected chi connectivity index (χ4v) is 9.25. The Hall–Kier alpha value is 0.700. The Morgan fingerprint density at radius 1 is 1.00 bits per heavy atom. The Labute approximate surface area is 172 Å². The summed E-state index contributed by atoms with van der Waals surface area (Å²) >= 11 is 7.38. The summed E-state index contributed by atoms with van der Waals surface area (Å²) in [5.41, 5.74) is 1.25. The van der Waals surface area contributed by atoms with Gasteiger partial charge in [-0.1, -0.05) is 46.1 Å². The average molecular weight is 472 g/mol. The van der Waals surface area contributed by atoms with E-state index in [1.807, 2.05) is 0 Å². The molecule has 4 rings (SSSR count). The molecule has 2 unspecified atom stereocenters. The van der Waals surface area contributed by atoms with Crippen molar-refractivity contribution in [2.45, 2.75) is 85.0 Å². The first-order valence-electron chi connectivity index (χ1n) is 10.9. The minimum absolute atomic E-state index is 0.588. The van der Waals surface area contributed by atoms with E-state index in [4.69, 9.17) is 0 Å². The summed E-state index contributed by atoms with van der Waals surface area (Å²) in [5.74, 6) is 5.64. The van der Waals surface area contributed by atoms with Gasteiger partial charge >= 0.3 is 0 Å². The molecule has 4 aliphatic carbocycles. The third-order valence-corrected chi connectivity index (χ3v) is 10.2. The lowest BCUT2D eigenvalue weighted by Crippen LogP contribution is -2.53. The molecule has 0 saturated heterocycles. The predicted octanol–water partition coefficient (Wildman–Crippen LogP) is 8.30. The van der Waals surface area contributed by atoms with E-state index in [-0.39, 0.29) is 0 Å². The van der Waals surface area contributed by atoms with Gasteiger partial charge in [-0.15, -0.1) is 0 Å². The summed E-state index contributed by atoms with van der Waals surface area (Å²) in [6.07, 6.45) is 17.4. The molecule has 8 atom stereocenters. The van der Waals surface area contributed by atoms with E-state index in [1.54, 1.807) is 0 Å². The Morgan fingerprint density at radius 3 is 2.52 bits per heavy atom. The maximum absolute atomic E-state index is 3.69. The van der Waals surface area contributed by atoms with E-state index in [0.29, 0.717) is 10.8 Å². The fraction of sp³-hybridized carbons (Fsp3) is 0.913. The highest BCUT2D eigenvalue weighted by atomic mass is 79.9. The second-order valence-electron chi connectivity index (χ2n) is 10.3. The van der Waals surface area contributed by atoms with Crippen LogP contribution in [0.25, 0.3) is 0 Å². The highest BCUT2D eigenvalue weighted by Crippen LogP contribution is 2.69. The van der Waals surface area contributed by atoms with Crippen LogP contribution in [0.4, 0.5) is 0 Å². The highest BCUT2D eigenvalue weighted by molar-refractivity contribution is 9.28. The Kier molecular flexibility index (Phi) is 5.29. The summed E-state index contributed by atoms with van der Waals surface area (Å²) in [4.78, 5) is 0. The zero-order valence-corrected chi connectivity index (χ0v) is 19.5. The van der Waals surface area contributed by atoms with E-state index < -0.39 is 0 Å². The number of allylic oxidation sites excluding steroid dienone is 1. The highest BCUT2D eigenvalue weighted by Gasteiger charge is 2.61. The largest absolute Gasteiger partial charge is 0.0651 e. The van der Waals surface area contributed by atoms with Crippen LogP contribution in [0.1, 0.15) is 85.0 Å². The quantitative estimate of drug-likeness (QED) is 0.379. The smallest absolute Gasteiger partial charge is 0.0567 e. The lowest BCUT2D eigenvalue weighted by Gasteiger charge is -2.61. The molecule has 4 saturated carbocycles. The molecule has 0 aromatic carbocycles. The molecule has 0 nitrogen and oxygen atoms in total. The van der Waals surface area contributed by atoms with Gasteiger partial charge in [0.2, 0.25) is 0 Å². The number of halogens is 2. The van der Waals surface area contributed by atoms with Gasteiger partial charge < -0.3 is 0 Å². The van der Waals surface area contributed by atoms with Crippen molar-refractivity contribution in [3.63, 3.8) is 0 Å². The van der Waals surface area contributed by atoms with Crippen molar-refractivity contribution >= 4 is 31.9 Å². The average Bonchev–Trinajstić information content (AvgIpc) is 2.85. The van der Waals surface area contributed by atoms with Crippen LogP contribution in [0.3, 0.4) is 0 Å². The lowest BCUT2D eigenvalue weighted by atomic mass is 9.44. The van der Waals surface area contributed by atoms with Crippen LogP contribution in [0.2, 0.25) is 0 Å².